The Hall–Kier alpha value is -0.120. The van der Waals surface area contributed by atoms with Gasteiger partial charge >= 0.3 is 0 Å². The normalized spacial score (nSPS) is 42.0. The fraction of sp³-hybridized carbons (Fsp3) is 1.00. The van der Waals surface area contributed by atoms with Crippen molar-refractivity contribution in [1.82, 2.24) is 10.2 Å². The van der Waals surface area contributed by atoms with E-state index in [1.165, 1.54) is 52.0 Å². The Morgan fingerprint density at radius 1 is 1.27 bits per heavy atom. The smallest absolute Gasteiger partial charge is 0.0551 e. The molecule has 3 heterocycles. The second-order valence-corrected chi connectivity index (χ2v) is 5.54. The van der Waals surface area contributed by atoms with Crippen LogP contribution in [-0.4, -0.2) is 50.8 Å². The van der Waals surface area contributed by atoms with Crippen molar-refractivity contribution >= 4 is 0 Å². The standard InChI is InChI=1S/C12H22N2O/c1-2-4-14(5-3-1)9-12-8-13-6-11(12)7-15-10-12/h11,13H,1-10H2/t11-,12-/m0/s1. The van der Waals surface area contributed by atoms with E-state index < -0.39 is 0 Å². The Labute approximate surface area is 92.2 Å². The lowest BCUT2D eigenvalue weighted by molar-refractivity contribution is 0.102. The van der Waals surface area contributed by atoms with Gasteiger partial charge in [0.05, 0.1) is 13.2 Å². The zero-order valence-electron chi connectivity index (χ0n) is 9.50. The summed E-state index contributed by atoms with van der Waals surface area (Å²) in [4.78, 5) is 2.66. The molecule has 0 aromatic rings. The Morgan fingerprint density at radius 2 is 2.13 bits per heavy atom. The van der Waals surface area contributed by atoms with Gasteiger partial charge in [-0.1, -0.05) is 6.42 Å². The molecule has 0 radical (unpaired) electrons. The second kappa shape index (κ2) is 4.04. The van der Waals surface area contributed by atoms with Crippen molar-refractivity contribution in [3.05, 3.63) is 0 Å². The van der Waals surface area contributed by atoms with Gasteiger partial charge in [0.15, 0.2) is 0 Å². The number of nitrogens with zero attached hydrogens (tertiary/aromatic N) is 1. The molecule has 3 rings (SSSR count). The maximum absolute atomic E-state index is 5.69. The highest BCUT2D eigenvalue weighted by Crippen LogP contribution is 2.38. The van der Waals surface area contributed by atoms with Gasteiger partial charge in [-0.3, -0.25) is 0 Å². The molecule has 0 spiro atoms. The molecule has 0 saturated carbocycles. The van der Waals surface area contributed by atoms with Crippen LogP contribution in [0.4, 0.5) is 0 Å². The summed E-state index contributed by atoms with van der Waals surface area (Å²) in [6.45, 7) is 8.22. The van der Waals surface area contributed by atoms with E-state index in [1.54, 1.807) is 0 Å². The Bertz CT molecular complexity index is 216. The van der Waals surface area contributed by atoms with E-state index in [9.17, 15) is 0 Å². The average Bonchev–Trinajstić information content (AvgIpc) is 2.78. The fourth-order valence-corrected chi connectivity index (χ4v) is 3.46. The number of fused-ring (bicyclic) bond motifs is 1. The van der Waals surface area contributed by atoms with Crippen LogP contribution in [0.2, 0.25) is 0 Å². The number of ether oxygens (including phenoxy) is 1. The van der Waals surface area contributed by atoms with E-state index in [0.29, 0.717) is 5.41 Å². The van der Waals surface area contributed by atoms with Gasteiger partial charge in [0.25, 0.3) is 0 Å². The summed E-state index contributed by atoms with van der Waals surface area (Å²) in [5, 5.41) is 3.55. The number of hydrogen-bond donors (Lipinski definition) is 1. The Balaban J connectivity index is 1.64. The van der Waals surface area contributed by atoms with Crippen LogP contribution in [-0.2, 0) is 4.74 Å². The van der Waals surface area contributed by atoms with E-state index >= 15 is 0 Å². The minimum atomic E-state index is 0.456. The molecule has 15 heavy (non-hydrogen) atoms. The van der Waals surface area contributed by atoms with Gasteiger partial charge in [0, 0.05) is 31.0 Å². The lowest BCUT2D eigenvalue weighted by Gasteiger charge is -2.35. The molecule has 3 aliphatic rings. The summed E-state index contributed by atoms with van der Waals surface area (Å²) in [5.41, 5.74) is 0.456. The largest absolute Gasteiger partial charge is 0.380 e. The molecule has 0 aliphatic carbocycles. The predicted octanol–water partition coefficient (Wildman–Crippen LogP) is 0.708. The molecule has 86 valence electrons. The van der Waals surface area contributed by atoms with Crippen molar-refractivity contribution in [2.24, 2.45) is 11.3 Å². The van der Waals surface area contributed by atoms with Gasteiger partial charge in [-0.2, -0.15) is 0 Å². The highest BCUT2D eigenvalue weighted by atomic mass is 16.5. The van der Waals surface area contributed by atoms with Crippen LogP contribution in [0, 0.1) is 11.3 Å². The third-order valence-electron chi connectivity index (χ3n) is 4.43. The fourth-order valence-electron chi connectivity index (χ4n) is 3.46. The Morgan fingerprint density at radius 3 is 3.00 bits per heavy atom. The van der Waals surface area contributed by atoms with E-state index in [1.807, 2.05) is 0 Å². The number of hydrogen-bond acceptors (Lipinski definition) is 3. The van der Waals surface area contributed by atoms with E-state index in [2.05, 4.69) is 10.2 Å². The minimum Gasteiger partial charge on any atom is -0.380 e. The van der Waals surface area contributed by atoms with Crippen molar-refractivity contribution in [3.8, 4) is 0 Å². The van der Waals surface area contributed by atoms with Crippen LogP contribution in [0.25, 0.3) is 0 Å². The maximum atomic E-state index is 5.69. The maximum Gasteiger partial charge on any atom is 0.0551 e. The van der Waals surface area contributed by atoms with Crippen LogP contribution in [0.5, 0.6) is 0 Å². The lowest BCUT2D eigenvalue weighted by Crippen LogP contribution is -2.44. The zero-order chi connectivity index (χ0) is 10.1. The predicted molar refractivity (Wildman–Crippen MR) is 59.9 cm³/mol. The lowest BCUT2D eigenvalue weighted by atomic mass is 9.80. The van der Waals surface area contributed by atoms with Crippen molar-refractivity contribution in [2.75, 3.05) is 45.9 Å². The highest BCUT2D eigenvalue weighted by Gasteiger charge is 2.48. The SMILES string of the molecule is C1CCN(C[C@]23CNC[C@H]2COC3)CC1. The zero-order valence-corrected chi connectivity index (χ0v) is 9.50. The molecule has 0 aromatic carbocycles. The molecule has 2 atom stereocenters. The summed E-state index contributed by atoms with van der Waals surface area (Å²) in [5.74, 6) is 0.777. The quantitative estimate of drug-likeness (QED) is 0.726. The first-order valence-corrected chi connectivity index (χ1v) is 6.40. The number of rotatable bonds is 2. The van der Waals surface area contributed by atoms with E-state index in [4.69, 9.17) is 4.74 Å². The molecule has 3 saturated heterocycles. The summed E-state index contributed by atoms with van der Waals surface area (Å²) >= 11 is 0. The average molecular weight is 210 g/mol. The van der Waals surface area contributed by atoms with Crippen LogP contribution in [0.3, 0.4) is 0 Å². The van der Waals surface area contributed by atoms with Crippen LogP contribution >= 0.6 is 0 Å². The molecule has 0 aromatic heterocycles. The summed E-state index contributed by atoms with van der Waals surface area (Å²) in [6.07, 6.45) is 4.23. The van der Waals surface area contributed by atoms with Crippen LogP contribution < -0.4 is 5.32 Å². The molecule has 0 unspecified atom stereocenters. The topological polar surface area (TPSA) is 24.5 Å². The second-order valence-electron chi connectivity index (χ2n) is 5.54. The van der Waals surface area contributed by atoms with Gasteiger partial charge in [0.2, 0.25) is 0 Å². The number of nitrogens with one attached hydrogen (secondary N) is 1. The number of likely N-dealkylation sites (tertiary alicyclic amines) is 1. The highest BCUT2D eigenvalue weighted by molar-refractivity contribution is 5.00. The van der Waals surface area contributed by atoms with Gasteiger partial charge in [0.1, 0.15) is 0 Å². The summed E-state index contributed by atoms with van der Waals surface area (Å²) in [7, 11) is 0. The molecule has 3 heteroatoms. The van der Waals surface area contributed by atoms with Crippen LogP contribution in [0.15, 0.2) is 0 Å². The molecule has 0 amide bonds. The summed E-state index contributed by atoms with van der Waals surface area (Å²) < 4.78 is 5.69. The minimum absolute atomic E-state index is 0.456. The van der Waals surface area contributed by atoms with Gasteiger partial charge in [-0.25, -0.2) is 0 Å². The Kier molecular flexibility index (Phi) is 2.71. The summed E-state index contributed by atoms with van der Waals surface area (Å²) in [6, 6.07) is 0. The molecular weight excluding hydrogens is 188 g/mol. The van der Waals surface area contributed by atoms with Crippen molar-refractivity contribution < 1.29 is 4.74 Å². The first-order chi connectivity index (χ1) is 7.39. The molecule has 1 N–H and O–H groups in total. The molecule has 3 nitrogen and oxygen atoms in total. The van der Waals surface area contributed by atoms with E-state index in [-0.39, 0.29) is 0 Å². The van der Waals surface area contributed by atoms with Crippen molar-refractivity contribution in [3.63, 3.8) is 0 Å². The van der Waals surface area contributed by atoms with Gasteiger partial charge < -0.3 is 15.0 Å². The number of piperidine rings is 1. The van der Waals surface area contributed by atoms with Crippen molar-refractivity contribution in [1.29, 1.82) is 0 Å². The first kappa shape index (κ1) is 10.1. The monoisotopic (exact) mass is 210 g/mol. The molecular formula is C12H22N2O. The van der Waals surface area contributed by atoms with Gasteiger partial charge in [-0.05, 0) is 25.9 Å². The van der Waals surface area contributed by atoms with Gasteiger partial charge in [-0.15, -0.1) is 0 Å². The van der Waals surface area contributed by atoms with Crippen molar-refractivity contribution in [2.45, 2.75) is 19.3 Å². The third kappa shape index (κ3) is 1.81. The molecule has 0 bridgehead atoms. The van der Waals surface area contributed by atoms with Crippen LogP contribution in [0.1, 0.15) is 19.3 Å². The molecule has 3 fully saturated rings. The van der Waals surface area contributed by atoms with E-state index in [0.717, 1.165) is 19.1 Å². The molecule has 3 aliphatic heterocycles. The first-order valence-electron chi connectivity index (χ1n) is 6.40. The third-order valence-corrected chi connectivity index (χ3v) is 4.43.